The molecule has 1 aromatic carbocycles. The van der Waals surface area contributed by atoms with E-state index in [0.29, 0.717) is 11.3 Å². The van der Waals surface area contributed by atoms with Gasteiger partial charge in [-0.2, -0.15) is 0 Å². The molecule has 0 saturated heterocycles. The lowest BCUT2D eigenvalue weighted by atomic mass is 10.1. The van der Waals surface area contributed by atoms with Crippen LogP contribution in [0, 0.1) is 6.92 Å². The lowest BCUT2D eigenvalue weighted by Gasteiger charge is -2.15. The van der Waals surface area contributed by atoms with Crippen molar-refractivity contribution >= 4 is 17.7 Å². The van der Waals surface area contributed by atoms with Gasteiger partial charge in [0.2, 0.25) is 0 Å². The number of carboxylic acids is 1. The van der Waals surface area contributed by atoms with Gasteiger partial charge in [0.1, 0.15) is 0 Å². The topological polar surface area (TPSA) is 91.3 Å². The molecule has 6 nitrogen and oxygen atoms in total. The summed E-state index contributed by atoms with van der Waals surface area (Å²) in [6, 6.07) is 8.54. The number of carbonyl (C=O) groups is 2. The number of benzene rings is 1. The molecule has 0 unspecified atom stereocenters. The van der Waals surface area contributed by atoms with Gasteiger partial charge < -0.3 is 15.7 Å². The van der Waals surface area contributed by atoms with Crippen LogP contribution in [-0.2, 0) is 4.79 Å². The number of anilines is 1. The number of nitrogens with zero attached hydrogens (tertiary/aromatic N) is 1. The van der Waals surface area contributed by atoms with E-state index in [2.05, 4.69) is 15.6 Å². The fourth-order valence-electron chi connectivity index (χ4n) is 1.85. The molecule has 6 heteroatoms. The number of aryl methyl sites for hydroxylation is 1. The Balaban J connectivity index is 2.07. The second kappa shape index (κ2) is 6.51. The molecule has 1 aromatic heterocycles. The van der Waals surface area contributed by atoms with Gasteiger partial charge in [-0.25, -0.2) is 9.59 Å². The van der Waals surface area contributed by atoms with Gasteiger partial charge in [-0.1, -0.05) is 30.3 Å². The minimum absolute atomic E-state index is 0.502. The van der Waals surface area contributed by atoms with Crippen molar-refractivity contribution in [2.45, 2.75) is 13.0 Å². The molecule has 0 spiro atoms. The maximum atomic E-state index is 11.9. The molecule has 0 aliphatic heterocycles. The van der Waals surface area contributed by atoms with Crippen molar-refractivity contribution in [1.82, 2.24) is 10.3 Å². The highest BCUT2D eigenvalue weighted by Gasteiger charge is 2.21. The third-order valence-corrected chi connectivity index (χ3v) is 2.79. The molecule has 2 aromatic rings. The predicted octanol–water partition coefficient (Wildman–Crippen LogP) is 2.34. The SMILES string of the molecule is Cc1cncc(NC(=O)N[C@@H](C(=O)O)c2ccccc2)c1. The minimum atomic E-state index is -1.13. The van der Waals surface area contributed by atoms with Gasteiger partial charge in [0, 0.05) is 6.20 Å². The highest BCUT2D eigenvalue weighted by atomic mass is 16.4. The zero-order valence-corrected chi connectivity index (χ0v) is 11.4. The molecule has 0 saturated carbocycles. The molecular weight excluding hydrogens is 270 g/mol. The summed E-state index contributed by atoms with van der Waals surface area (Å²) in [6.07, 6.45) is 3.15. The summed E-state index contributed by atoms with van der Waals surface area (Å²) in [4.78, 5) is 27.1. The molecule has 0 bridgehead atoms. The van der Waals surface area contributed by atoms with Crippen LogP contribution in [0.1, 0.15) is 17.2 Å². The molecule has 2 rings (SSSR count). The lowest BCUT2D eigenvalue weighted by Crippen LogP contribution is -2.36. The smallest absolute Gasteiger partial charge is 0.330 e. The van der Waals surface area contributed by atoms with Crippen LogP contribution in [0.15, 0.2) is 48.8 Å². The van der Waals surface area contributed by atoms with Crippen LogP contribution in [0.3, 0.4) is 0 Å². The van der Waals surface area contributed by atoms with Gasteiger partial charge in [-0.3, -0.25) is 4.98 Å². The summed E-state index contributed by atoms with van der Waals surface area (Å²) in [6.45, 7) is 1.85. The van der Waals surface area contributed by atoms with E-state index in [-0.39, 0.29) is 0 Å². The maximum absolute atomic E-state index is 11.9. The molecule has 108 valence electrons. The predicted molar refractivity (Wildman–Crippen MR) is 77.9 cm³/mol. The summed E-state index contributed by atoms with van der Waals surface area (Å²) in [7, 11) is 0. The number of urea groups is 1. The Hall–Kier alpha value is -2.89. The van der Waals surface area contributed by atoms with Gasteiger partial charge in [0.25, 0.3) is 0 Å². The van der Waals surface area contributed by atoms with Gasteiger partial charge in [0.05, 0.1) is 11.9 Å². The number of carboxylic acid groups (broad SMARTS) is 1. The fourth-order valence-corrected chi connectivity index (χ4v) is 1.85. The molecular formula is C15H15N3O3. The molecule has 0 aliphatic carbocycles. The van der Waals surface area contributed by atoms with E-state index in [1.807, 2.05) is 6.92 Å². The molecule has 0 fully saturated rings. The molecule has 3 N–H and O–H groups in total. The van der Waals surface area contributed by atoms with Gasteiger partial charge in [-0.15, -0.1) is 0 Å². The normalized spacial score (nSPS) is 11.5. The Morgan fingerprint density at radius 2 is 1.90 bits per heavy atom. The maximum Gasteiger partial charge on any atom is 0.330 e. The van der Waals surface area contributed by atoms with E-state index in [4.69, 9.17) is 0 Å². The average molecular weight is 285 g/mol. The van der Waals surface area contributed by atoms with Crippen LogP contribution >= 0.6 is 0 Å². The Morgan fingerprint density at radius 1 is 1.19 bits per heavy atom. The van der Waals surface area contributed by atoms with E-state index in [9.17, 15) is 14.7 Å². The van der Waals surface area contributed by atoms with Crippen molar-refractivity contribution in [3.8, 4) is 0 Å². The number of carbonyl (C=O) groups excluding carboxylic acids is 1. The van der Waals surface area contributed by atoms with Crippen LogP contribution < -0.4 is 10.6 Å². The first kappa shape index (κ1) is 14.5. The van der Waals surface area contributed by atoms with E-state index < -0.39 is 18.0 Å². The first-order valence-electron chi connectivity index (χ1n) is 6.33. The lowest BCUT2D eigenvalue weighted by molar-refractivity contribution is -0.139. The Labute approximate surface area is 121 Å². The first-order valence-corrected chi connectivity index (χ1v) is 6.33. The number of pyridine rings is 1. The van der Waals surface area contributed by atoms with E-state index >= 15 is 0 Å². The second-order valence-corrected chi connectivity index (χ2v) is 4.53. The van der Waals surface area contributed by atoms with Crippen LogP contribution in [0.2, 0.25) is 0 Å². The number of amides is 2. The van der Waals surface area contributed by atoms with Gasteiger partial charge in [0.15, 0.2) is 6.04 Å². The average Bonchev–Trinajstić information content (AvgIpc) is 2.45. The number of aliphatic carboxylic acids is 1. The molecule has 1 heterocycles. The zero-order valence-electron chi connectivity index (χ0n) is 11.4. The third kappa shape index (κ3) is 4.04. The Morgan fingerprint density at radius 3 is 2.52 bits per heavy atom. The van der Waals surface area contributed by atoms with Gasteiger partial charge in [-0.05, 0) is 24.1 Å². The molecule has 0 radical (unpaired) electrons. The highest BCUT2D eigenvalue weighted by Crippen LogP contribution is 2.13. The van der Waals surface area contributed by atoms with Crippen molar-refractivity contribution in [2.24, 2.45) is 0 Å². The van der Waals surface area contributed by atoms with Crippen LogP contribution in [-0.4, -0.2) is 22.1 Å². The monoisotopic (exact) mass is 285 g/mol. The highest BCUT2D eigenvalue weighted by molar-refractivity contribution is 5.92. The van der Waals surface area contributed by atoms with E-state index in [0.717, 1.165) is 5.56 Å². The van der Waals surface area contributed by atoms with Crippen molar-refractivity contribution in [1.29, 1.82) is 0 Å². The summed E-state index contributed by atoms with van der Waals surface area (Å²) < 4.78 is 0. The standard InChI is InChI=1S/C15H15N3O3/c1-10-7-12(9-16-8-10)17-15(21)18-13(14(19)20)11-5-3-2-4-6-11/h2-9,13H,1H3,(H,19,20)(H2,17,18,21)/t13-/m1/s1. The Kier molecular flexibility index (Phi) is 4.50. The van der Waals surface area contributed by atoms with Crippen molar-refractivity contribution < 1.29 is 14.7 Å². The minimum Gasteiger partial charge on any atom is -0.479 e. The third-order valence-electron chi connectivity index (χ3n) is 2.79. The Bertz CT molecular complexity index is 644. The summed E-state index contributed by atoms with van der Waals surface area (Å²) in [5.41, 5.74) is 1.90. The van der Waals surface area contributed by atoms with E-state index in [1.165, 1.54) is 6.20 Å². The van der Waals surface area contributed by atoms with Crippen molar-refractivity contribution in [2.75, 3.05) is 5.32 Å². The first-order chi connectivity index (χ1) is 10.1. The zero-order chi connectivity index (χ0) is 15.2. The number of nitrogens with one attached hydrogen (secondary N) is 2. The van der Waals surface area contributed by atoms with Crippen molar-refractivity contribution in [3.63, 3.8) is 0 Å². The fraction of sp³-hybridized carbons (Fsp3) is 0.133. The number of aromatic nitrogens is 1. The van der Waals surface area contributed by atoms with Crippen LogP contribution in [0.5, 0.6) is 0 Å². The van der Waals surface area contributed by atoms with Crippen LogP contribution in [0.4, 0.5) is 10.5 Å². The molecule has 21 heavy (non-hydrogen) atoms. The summed E-state index contributed by atoms with van der Waals surface area (Å²) >= 11 is 0. The largest absolute Gasteiger partial charge is 0.479 e. The number of hydrogen-bond acceptors (Lipinski definition) is 3. The molecule has 0 aliphatic rings. The second-order valence-electron chi connectivity index (χ2n) is 4.53. The number of rotatable bonds is 4. The summed E-state index contributed by atoms with van der Waals surface area (Å²) in [5.74, 6) is -1.13. The van der Waals surface area contributed by atoms with Gasteiger partial charge >= 0.3 is 12.0 Å². The number of hydrogen-bond donors (Lipinski definition) is 3. The quantitative estimate of drug-likeness (QED) is 0.804. The summed E-state index contributed by atoms with van der Waals surface area (Å²) in [5, 5.41) is 14.2. The molecule has 1 atom stereocenters. The molecule has 2 amide bonds. The van der Waals surface area contributed by atoms with Crippen molar-refractivity contribution in [3.05, 3.63) is 59.9 Å². The van der Waals surface area contributed by atoms with E-state index in [1.54, 1.807) is 42.6 Å². The van der Waals surface area contributed by atoms with Crippen LogP contribution in [0.25, 0.3) is 0 Å².